The lowest BCUT2D eigenvalue weighted by Gasteiger charge is -2.25. The van der Waals surface area contributed by atoms with E-state index in [0.29, 0.717) is 12.2 Å². The van der Waals surface area contributed by atoms with Crippen LogP contribution in [0.2, 0.25) is 5.02 Å². The summed E-state index contributed by atoms with van der Waals surface area (Å²) < 4.78 is 18.6. The highest BCUT2D eigenvalue weighted by Gasteiger charge is 2.34. The number of urea groups is 1. The van der Waals surface area contributed by atoms with Crippen LogP contribution in [-0.4, -0.2) is 22.6 Å². The molecule has 1 saturated heterocycles. The lowest BCUT2D eigenvalue weighted by atomic mass is 10.0. The third-order valence-corrected chi connectivity index (χ3v) is 4.61. The Morgan fingerprint density at radius 1 is 1.54 bits per heavy atom. The lowest BCUT2D eigenvalue weighted by Crippen LogP contribution is -2.34. The molecule has 7 heteroatoms. The van der Waals surface area contributed by atoms with Crippen LogP contribution in [0.15, 0.2) is 22.7 Å². The first kappa shape index (κ1) is 16.8. The normalized spacial score (nSPS) is 17.3. The predicted octanol–water partition coefficient (Wildman–Crippen LogP) is 4.71. The topological polar surface area (TPSA) is 58.4 Å². The van der Waals surface area contributed by atoms with Gasteiger partial charge in [0.2, 0.25) is 0 Å². The van der Waals surface area contributed by atoms with E-state index in [1.807, 2.05) is 13.8 Å². The minimum Gasteiger partial charge on any atom is -0.361 e. The van der Waals surface area contributed by atoms with Gasteiger partial charge in [0.15, 0.2) is 0 Å². The molecule has 1 atom stereocenters. The van der Waals surface area contributed by atoms with Gasteiger partial charge in [-0.3, -0.25) is 0 Å². The number of nitrogens with one attached hydrogen (secondary N) is 1. The third kappa shape index (κ3) is 3.11. The van der Waals surface area contributed by atoms with E-state index in [-0.39, 0.29) is 17.1 Å². The molecule has 0 spiro atoms. The maximum atomic E-state index is 13.2. The van der Waals surface area contributed by atoms with Crippen molar-refractivity contribution in [2.75, 3.05) is 11.9 Å². The third-order valence-electron chi connectivity index (χ3n) is 4.32. The summed E-state index contributed by atoms with van der Waals surface area (Å²) in [7, 11) is 0. The summed E-state index contributed by atoms with van der Waals surface area (Å²) in [5.41, 5.74) is 2.29. The van der Waals surface area contributed by atoms with Crippen molar-refractivity contribution in [3.05, 3.63) is 46.1 Å². The van der Waals surface area contributed by atoms with Gasteiger partial charge < -0.3 is 14.7 Å². The Kier molecular flexibility index (Phi) is 4.76. The van der Waals surface area contributed by atoms with Crippen LogP contribution in [0.3, 0.4) is 0 Å². The average Bonchev–Trinajstić information content (AvgIpc) is 3.16. The predicted molar refractivity (Wildman–Crippen MR) is 89.7 cm³/mol. The molecule has 3 rings (SSSR count). The van der Waals surface area contributed by atoms with Crippen molar-refractivity contribution in [3.63, 3.8) is 0 Å². The summed E-state index contributed by atoms with van der Waals surface area (Å²) in [6.07, 6.45) is 2.51. The Bertz CT molecular complexity index is 762. The average molecular weight is 352 g/mol. The van der Waals surface area contributed by atoms with Crippen molar-refractivity contribution in [2.24, 2.45) is 0 Å². The van der Waals surface area contributed by atoms with E-state index in [0.717, 1.165) is 36.3 Å². The van der Waals surface area contributed by atoms with E-state index >= 15 is 0 Å². The van der Waals surface area contributed by atoms with Gasteiger partial charge in [-0.2, -0.15) is 0 Å². The fourth-order valence-corrected chi connectivity index (χ4v) is 3.37. The van der Waals surface area contributed by atoms with Crippen molar-refractivity contribution in [2.45, 2.75) is 39.2 Å². The summed E-state index contributed by atoms with van der Waals surface area (Å²) in [5.74, 6) is 0.309. The number of amides is 2. The van der Waals surface area contributed by atoms with Crippen LogP contribution in [0, 0.1) is 12.7 Å². The Balaban J connectivity index is 1.81. The lowest BCUT2D eigenvalue weighted by molar-refractivity contribution is 0.206. The van der Waals surface area contributed by atoms with Crippen LogP contribution in [0.25, 0.3) is 0 Å². The molecule has 1 aromatic carbocycles. The molecule has 2 amide bonds. The molecule has 1 aromatic heterocycles. The number of hydrogen-bond acceptors (Lipinski definition) is 3. The number of anilines is 1. The number of halogens is 2. The first-order valence-corrected chi connectivity index (χ1v) is 8.36. The van der Waals surface area contributed by atoms with E-state index in [9.17, 15) is 9.18 Å². The van der Waals surface area contributed by atoms with Crippen LogP contribution in [0.1, 0.15) is 42.8 Å². The summed E-state index contributed by atoms with van der Waals surface area (Å²) in [6.45, 7) is 4.55. The van der Waals surface area contributed by atoms with Crippen molar-refractivity contribution in [3.8, 4) is 0 Å². The second-order valence-corrected chi connectivity index (χ2v) is 6.28. The van der Waals surface area contributed by atoms with Crippen LogP contribution >= 0.6 is 11.6 Å². The zero-order chi connectivity index (χ0) is 17.3. The Hall–Kier alpha value is -2.08. The summed E-state index contributed by atoms with van der Waals surface area (Å²) >= 11 is 5.77. The van der Waals surface area contributed by atoms with Gasteiger partial charge in [0.25, 0.3) is 0 Å². The largest absolute Gasteiger partial charge is 0.361 e. The molecule has 1 N–H and O–H groups in total. The van der Waals surface area contributed by atoms with E-state index in [4.69, 9.17) is 16.1 Å². The van der Waals surface area contributed by atoms with E-state index in [1.165, 1.54) is 18.2 Å². The molecule has 2 heterocycles. The van der Waals surface area contributed by atoms with Crippen LogP contribution in [-0.2, 0) is 6.42 Å². The minimum atomic E-state index is -0.513. The van der Waals surface area contributed by atoms with Gasteiger partial charge in [0, 0.05) is 24.2 Å². The van der Waals surface area contributed by atoms with E-state index in [2.05, 4.69) is 10.5 Å². The first-order chi connectivity index (χ1) is 11.5. The molecule has 128 valence electrons. The molecule has 0 aliphatic carbocycles. The van der Waals surface area contributed by atoms with Gasteiger partial charge in [-0.05, 0) is 38.0 Å². The maximum Gasteiger partial charge on any atom is 0.322 e. The molecule has 0 bridgehead atoms. The standard InChI is InChI=1S/C17H19ClFN3O2/c1-3-15-16(10(2)21-24-15)14-5-4-8-22(14)17(23)20-11-6-7-13(19)12(18)9-11/h6-7,9,14H,3-5,8H2,1-2H3,(H,20,23)/t14-/m1/s1. The smallest absolute Gasteiger partial charge is 0.322 e. The highest BCUT2D eigenvalue weighted by atomic mass is 35.5. The number of hydrogen-bond donors (Lipinski definition) is 1. The molecular formula is C17H19ClFN3O2. The SMILES string of the molecule is CCc1onc(C)c1[C@H]1CCCN1C(=O)Nc1ccc(F)c(Cl)c1. The van der Waals surface area contributed by atoms with Crippen molar-refractivity contribution in [1.29, 1.82) is 0 Å². The molecule has 5 nitrogen and oxygen atoms in total. The number of benzene rings is 1. The maximum absolute atomic E-state index is 13.2. The van der Waals surface area contributed by atoms with Gasteiger partial charge in [0.05, 0.1) is 16.8 Å². The molecule has 1 aliphatic rings. The van der Waals surface area contributed by atoms with Crippen molar-refractivity contribution in [1.82, 2.24) is 10.1 Å². The Labute approximate surface area is 144 Å². The number of nitrogens with zero attached hydrogens (tertiary/aromatic N) is 2. The number of carbonyl (C=O) groups excluding carboxylic acids is 1. The van der Waals surface area contributed by atoms with E-state index < -0.39 is 5.82 Å². The Morgan fingerprint density at radius 3 is 3.04 bits per heavy atom. The second kappa shape index (κ2) is 6.81. The molecule has 2 aromatic rings. The number of aromatic nitrogens is 1. The Morgan fingerprint density at radius 2 is 2.33 bits per heavy atom. The minimum absolute atomic E-state index is 0.0195. The number of aryl methyl sites for hydroxylation is 2. The highest BCUT2D eigenvalue weighted by Crippen LogP contribution is 2.36. The zero-order valence-electron chi connectivity index (χ0n) is 13.6. The highest BCUT2D eigenvalue weighted by molar-refractivity contribution is 6.31. The summed E-state index contributed by atoms with van der Waals surface area (Å²) in [5, 5.41) is 6.80. The number of carbonyl (C=O) groups is 1. The molecule has 0 saturated carbocycles. The summed E-state index contributed by atoms with van der Waals surface area (Å²) in [4.78, 5) is 14.4. The summed E-state index contributed by atoms with van der Waals surface area (Å²) in [6, 6.07) is 3.84. The number of likely N-dealkylation sites (tertiary alicyclic amines) is 1. The molecule has 0 unspecified atom stereocenters. The molecule has 24 heavy (non-hydrogen) atoms. The van der Waals surface area contributed by atoms with Gasteiger partial charge >= 0.3 is 6.03 Å². The molecule has 1 fully saturated rings. The quantitative estimate of drug-likeness (QED) is 0.871. The van der Waals surface area contributed by atoms with Gasteiger partial charge in [-0.25, -0.2) is 9.18 Å². The van der Waals surface area contributed by atoms with Crippen LogP contribution in [0.4, 0.5) is 14.9 Å². The first-order valence-electron chi connectivity index (χ1n) is 7.99. The molecular weight excluding hydrogens is 333 g/mol. The van der Waals surface area contributed by atoms with Gasteiger partial charge in [-0.1, -0.05) is 23.7 Å². The van der Waals surface area contributed by atoms with Crippen molar-refractivity contribution >= 4 is 23.3 Å². The van der Waals surface area contributed by atoms with Gasteiger partial charge in [-0.15, -0.1) is 0 Å². The second-order valence-electron chi connectivity index (χ2n) is 5.87. The van der Waals surface area contributed by atoms with Crippen LogP contribution in [0.5, 0.6) is 0 Å². The fraction of sp³-hybridized carbons (Fsp3) is 0.412. The van der Waals surface area contributed by atoms with Crippen molar-refractivity contribution < 1.29 is 13.7 Å². The molecule has 0 radical (unpaired) electrons. The van der Waals surface area contributed by atoms with Crippen LogP contribution < -0.4 is 5.32 Å². The van der Waals surface area contributed by atoms with Gasteiger partial charge in [0.1, 0.15) is 11.6 Å². The zero-order valence-corrected chi connectivity index (χ0v) is 14.4. The van der Waals surface area contributed by atoms with E-state index in [1.54, 1.807) is 4.90 Å². The monoisotopic (exact) mass is 351 g/mol. The molecule has 1 aliphatic heterocycles. The number of rotatable bonds is 3. The fourth-order valence-electron chi connectivity index (χ4n) is 3.18.